The van der Waals surface area contributed by atoms with E-state index in [4.69, 9.17) is 4.74 Å². The van der Waals surface area contributed by atoms with Crippen LogP contribution in [0.3, 0.4) is 0 Å². The number of benzene rings is 1. The van der Waals surface area contributed by atoms with Crippen molar-refractivity contribution >= 4 is 18.0 Å². The molecule has 0 aromatic heterocycles. The monoisotopic (exact) mass is 307 g/mol. The van der Waals surface area contributed by atoms with Crippen molar-refractivity contribution < 1.29 is 28.6 Å². The van der Waals surface area contributed by atoms with Crippen LogP contribution in [-0.4, -0.2) is 32.2 Å². The molecule has 7 heteroatoms. The van der Waals surface area contributed by atoms with E-state index in [9.17, 15) is 9.59 Å². The molecule has 1 unspecified atom stereocenters. The Morgan fingerprint density at radius 2 is 1.86 bits per heavy atom. The van der Waals surface area contributed by atoms with Gasteiger partial charge in [0.15, 0.2) is 0 Å². The number of carbonyl (C=O) groups is 2. The van der Waals surface area contributed by atoms with Crippen molar-refractivity contribution in [2.24, 2.45) is 11.1 Å². The summed E-state index contributed by atoms with van der Waals surface area (Å²) in [5, 5.41) is 3.86. The molecule has 1 aliphatic carbocycles. The number of fused-ring (bicyclic) bond motifs is 1. The molecular weight excluding hydrogens is 290 g/mol. The zero-order chi connectivity index (χ0) is 16.1. The van der Waals surface area contributed by atoms with Crippen LogP contribution in [0.4, 0.5) is 9.59 Å². The van der Waals surface area contributed by atoms with Gasteiger partial charge in [0.05, 0.1) is 19.9 Å². The predicted octanol–water partition coefficient (Wildman–Crippen LogP) is 2.90. The van der Waals surface area contributed by atoms with Crippen molar-refractivity contribution in [3.63, 3.8) is 0 Å². The number of hydrogen-bond acceptors (Lipinski definition) is 7. The molecule has 1 aromatic carbocycles. The van der Waals surface area contributed by atoms with Gasteiger partial charge in [0, 0.05) is 5.56 Å². The van der Waals surface area contributed by atoms with E-state index in [-0.39, 0.29) is 0 Å². The number of ether oxygens (including phenoxy) is 3. The smallest absolute Gasteiger partial charge is 0.437 e. The van der Waals surface area contributed by atoms with Crippen molar-refractivity contribution in [2.45, 2.75) is 19.8 Å². The summed E-state index contributed by atoms with van der Waals surface area (Å²) in [4.78, 5) is 26.9. The first-order chi connectivity index (χ1) is 10.5. The standard InChI is InChI=1S/C15H17NO6/c1-9-6-10-8-11(21-14(17)19-2)4-5-12(10)13(7-9)16-22-15(18)20-3/h4-5,8-9H,6-7H2,1-3H3/b16-13+. The van der Waals surface area contributed by atoms with Crippen LogP contribution in [0.2, 0.25) is 0 Å². The summed E-state index contributed by atoms with van der Waals surface area (Å²) >= 11 is 0. The first-order valence-electron chi connectivity index (χ1n) is 6.74. The van der Waals surface area contributed by atoms with E-state index >= 15 is 0 Å². The molecule has 2 rings (SSSR count). The molecule has 0 aliphatic heterocycles. The predicted molar refractivity (Wildman–Crippen MR) is 77.0 cm³/mol. The molecule has 0 spiro atoms. The maximum Gasteiger partial charge on any atom is 0.534 e. The van der Waals surface area contributed by atoms with Crippen LogP contribution in [0.5, 0.6) is 5.75 Å². The minimum atomic E-state index is -0.863. The molecule has 1 aliphatic rings. The lowest BCUT2D eigenvalue weighted by molar-refractivity contribution is 0.0750. The lowest BCUT2D eigenvalue weighted by Gasteiger charge is -2.23. The zero-order valence-corrected chi connectivity index (χ0v) is 12.6. The van der Waals surface area contributed by atoms with Crippen LogP contribution in [0, 0.1) is 5.92 Å². The van der Waals surface area contributed by atoms with Gasteiger partial charge in [-0.2, -0.15) is 0 Å². The Balaban J connectivity index is 2.26. The molecule has 0 heterocycles. The minimum absolute atomic E-state index is 0.320. The number of hydrogen-bond donors (Lipinski definition) is 0. The number of rotatable bonds is 2. The average molecular weight is 307 g/mol. The van der Waals surface area contributed by atoms with E-state index in [0.717, 1.165) is 17.5 Å². The van der Waals surface area contributed by atoms with Crippen LogP contribution >= 0.6 is 0 Å². The average Bonchev–Trinajstić information content (AvgIpc) is 2.51. The molecule has 0 saturated heterocycles. The van der Waals surface area contributed by atoms with Crippen molar-refractivity contribution in [3.8, 4) is 5.75 Å². The summed E-state index contributed by atoms with van der Waals surface area (Å²) in [7, 11) is 2.47. The summed E-state index contributed by atoms with van der Waals surface area (Å²) in [5.74, 6) is 0.716. The Kier molecular flexibility index (Phi) is 4.98. The van der Waals surface area contributed by atoms with Gasteiger partial charge in [-0.25, -0.2) is 9.59 Å². The normalized spacial score (nSPS) is 18.3. The third kappa shape index (κ3) is 3.75. The highest BCUT2D eigenvalue weighted by atomic mass is 16.8. The quantitative estimate of drug-likeness (QED) is 0.361. The lowest BCUT2D eigenvalue weighted by Crippen LogP contribution is -2.20. The van der Waals surface area contributed by atoms with Crippen LogP contribution in [-0.2, 0) is 20.7 Å². The third-order valence-electron chi connectivity index (χ3n) is 3.26. The van der Waals surface area contributed by atoms with E-state index in [1.165, 1.54) is 14.2 Å². The molecule has 22 heavy (non-hydrogen) atoms. The van der Waals surface area contributed by atoms with E-state index in [2.05, 4.69) is 26.4 Å². The summed E-state index contributed by atoms with van der Waals surface area (Å²) in [6.45, 7) is 2.06. The second-order valence-corrected chi connectivity index (χ2v) is 4.97. The first-order valence-corrected chi connectivity index (χ1v) is 6.74. The van der Waals surface area contributed by atoms with Crippen molar-refractivity contribution in [1.29, 1.82) is 0 Å². The van der Waals surface area contributed by atoms with Crippen LogP contribution in [0.1, 0.15) is 24.5 Å². The van der Waals surface area contributed by atoms with Gasteiger partial charge < -0.3 is 14.2 Å². The molecule has 0 saturated carbocycles. The fourth-order valence-electron chi connectivity index (χ4n) is 2.33. The van der Waals surface area contributed by atoms with Crippen molar-refractivity contribution in [1.82, 2.24) is 0 Å². The SMILES string of the molecule is COC(=O)O/N=C1\CC(C)Cc2cc(OC(=O)OC)ccc21. The molecule has 0 radical (unpaired) electrons. The van der Waals surface area contributed by atoms with Gasteiger partial charge in [0.25, 0.3) is 0 Å². The van der Waals surface area contributed by atoms with Gasteiger partial charge in [0.2, 0.25) is 0 Å². The van der Waals surface area contributed by atoms with Crippen molar-refractivity contribution in [3.05, 3.63) is 29.3 Å². The number of oxime groups is 1. The van der Waals surface area contributed by atoms with Gasteiger partial charge >= 0.3 is 12.3 Å². The second kappa shape index (κ2) is 6.93. The van der Waals surface area contributed by atoms with Crippen LogP contribution < -0.4 is 4.74 Å². The van der Waals surface area contributed by atoms with E-state index in [0.29, 0.717) is 23.8 Å². The highest BCUT2D eigenvalue weighted by molar-refractivity contribution is 6.03. The number of nitrogens with zero attached hydrogens (tertiary/aromatic N) is 1. The molecule has 0 amide bonds. The molecule has 0 N–H and O–H groups in total. The van der Waals surface area contributed by atoms with Crippen molar-refractivity contribution in [2.75, 3.05) is 14.2 Å². The Bertz CT molecular complexity index is 610. The molecule has 0 bridgehead atoms. The summed E-state index contributed by atoms with van der Waals surface area (Å²) < 4.78 is 13.9. The molecule has 7 nitrogen and oxygen atoms in total. The fraction of sp³-hybridized carbons (Fsp3) is 0.400. The summed E-state index contributed by atoms with van der Waals surface area (Å²) in [5.41, 5.74) is 2.48. The van der Waals surface area contributed by atoms with Gasteiger partial charge in [-0.3, -0.25) is 4.84 Å². The molecule has 118 valence electrons. The third-order valence-corrected chi connectivity index (χ3v) is 3.26. The summed E-state index contributed by atoms with van der Waals surface area (Å²) in [6.07, 6.45) is -0.142. The Morgan fingerprint density at radius 3 is 2.55 bits per heavy atom. The minimum Gasteiger partial charge on any atom is -0.437 e. The zero-order valence-electron chi connectivity index (χ0n) is 12.6. The molecule has 0 fully saturated rings. The Hall–Kier alpha value is -2.57. The maximum absolute atomic E-state index is 11.1. The van der Waals surface area contributed by atoms with Crippen LogP contribution in [0.15, 0.2) is 23.4 Å². The number of methoxy groups -OCH3 is 2. The van der Waals surface area contributed by atoms with E-state index < -0.39 is 12.3 Å². The fourth-order valence-corrected chi connectivity index (χ4v) is 2.33. The van der Waals surface area contributed by atoms with E-state index in [1.807, 2.05) is 0 Å². The Labute approximate surface area is 127 Å². The largest absolute Gasteiger partial charge is 0.534 e. The van der Waals surface area contributed by atoms with E-state index in [1.54, 1.807) is 18.2 Å². The van der Waals surface area contributed by atoms with Crippen LogP contribution in [0.25, 0.3) is 0 Å². The summed E-state index contributed by atoms with van der Waals surface area (Å²) in [6, 6.07) is 5.17. The van der Waals surface area contributed by atoms with Gasteiger partial charge in [-0.05, 0) is 42.5 Å². The molecule has 1 aromatic rings. The molecular formula is C15H17NO6. The van der Waals surface area contributed by atoms with Gasteiger partial charge in [-0.15, -0.1) is 0 Å². The highest BCUT2D eigenvalue weighted by Gasteiger charge is 2.23. The lowest BCUT2D eigenvalue weighted by atomic mass is 9.83. The second-order valence-electron chi connectivity index (χ2n) is 4.97. The number of carbonyl (C=O) groups excluding carboxylic acids is 2. The highest BCUT2D eigenvalue weighted by Crippen LogP contribution is 2.29. The maximum atomic E-state index is 11.1. The van der Waals surface area contributed by atoms with Gasteiger partial charge in [-0.1, -0.05) is 12.1 Å². The topological polar surface area (TPSA) is 83.4 Å². The van der Waals surface area contributed by atoms with Gasteiger partial charge in [0.1, 0.15) is 5.75 Å². The Morgan fingerprint density at radius 1 is 1.14 bits per heavy atom. The first kappa shape index (κ1) is 15.8. The molecule has 1 atom stereocenters.